The van der Waals surface area contributed by atoms with Gasteiger partial charge in [-0.1, -0.05) is 0 Å². The van der Waals surface area contributed by atoms with Crippen molar-refractivity contribution in [3.05, 3.63) is 46.4 Å². The van der Waals surface area contributed by atoms with Crippen LogP contribution in [-0.4, -0.2) is 66.3 Å². The number of hydrogen-bond acceptors (Lipinski definition) is 11. The minimum absolute atomic E-state index is 0.785. The van der Waals surface area contributed by atoms with Crippen LogP contribution in [0.2, 0.25) is 0 Å². The molecule has 0 saturated carbocycles. The van der Waals surface area contributed by atoms with Crippen LogP contribution >= 0.6 is 0 Å². The Morgan fingerprint density at radius 2 is 1.30 bits per heavy atom. The summed E-state index contributed by atoms with van der Waals surface area (Å²) < 4.78 is 14.3. The lowest BCUT2D eigenvalue weighted by molar-refractivity contribution is -0.0559. The van der Waals surface area contributed by atoms with Gasteiger partial charge in [-0.2, -0.15) is 0 Å². The number of rotatable bonds is 4. The van der Waals surface area contributed by atoms with Gasteiger partial charge >= 0.3 is 11.9 Å². The third-order valence-electron chi connectivity index (χ3n) is 2.95. The maximum atomic E-state index is 9.81. The van der Waals surface area contributed by atoms with Crippen LogP contribution in [0.4, 0.5) is 0 Å². The number of aliphatic hydroxyl groups excluding tert-OH is 8. The van der Waals surface area contributed by atoms with E-state index in [9.17, 15) is 30.6 Å². The van der Waals surface area contributed by atoms with Gasteiger partial charge in [0.1, 0.15) is 0 Å². The molecular formula is C12H14O11. The summed E-state index contributed by atoms with van der Waals surface area (Å²) in [6.07, 6.45) is -2.93. The van der Waals surface area contributed by atoms with Gasteiger partial charge in [0.25, 0.3) is 0 Å². The lowest BCUT2D eigenvalue weighted by Gasteiger charge is -2.27. The second-order valence-electron chi connectivity index (χ2n) is 4.42. The average Bonchev–Trinajstić information content (AvgIpc) is 2.54. The molecule has 11 nitrogen and oxygen atoms in total. The Morgan fingerprint density at radius 1 is 0.739 bits per heavy atom. The SMILES string of the molecule is OCC1OC(OC2=C(O)C(CO)OC(O)=C2O)=C(O)C(O)=C1O. The van der Waals surface area contributed by atoms with Crippen LogP contribution in [0.1, 0.15) is 0 Å². The average molecular weight is 334 g/mol. The summed E-state index contributed by atoms with van der Waals surface area (Å²) in [7, 11) is 0. The van der Waals surface area contributed by atoms with E-state index in [0.29, 0.717) is 0 Å². The fourth-order valence-electron chi connectivity index (χ4n) is 1.74. The van der Waals surface area contributed by atoms with Gasteiger partial charge in [-0.15, -0.1) is 0 Å². The highest BCUT2D eigenvalue weighted by atomic mass is 16.7. The van der Waals surface area contributed by atoms with Crippen LogP contribution in [0.5, 0.6) is 0 Å². The molecule has 0 aromatic rings. The van der Waals surface area contributed by atoms with Gasteiger partial charge in [-0.3, -0.25) is 0 Å². The Kier molecular flexibility index (Phi) is 4.33. The van der Waals surface area contributed by atoms with Crippen LogP contribution < -0.4 is 0 Å². The van der Waals surface area contributed by atoms with Crippen molar-refractivity contribution < 1.29 is 55.1 Å². The minimum Gasteiger partial charge on any atom is -0.505 e. The first-order chi connectivity index (χ1) is 10.8. The van der Waals surface area contributed by atoms with Gasteiger partial charge in [0, 0.05) is 0 Å². The van der Waals surface area contributed by atoms with Gasteiger partial charge in [0.2, 0.25) is 23.0 Å². The van der Waals surface area contributed by atoms with Crippen molar-refractivity contribution in [2.45, 2.75) is 12.2 Å². The Labute approximate surface area is 128 Å². The molecule has 0 amide bonds. The van der Waals surface area contributed by atoms with Gasteiger partial charge in [0.05, 0.1) is 13.2 Å². The first kappa shape index (κ1) is 16.5. The lowest BCUT2D eigenvalue weighted by atomic mass is 10.2. The molecule has 0 saturated heterocycles. The van der Waals surface area contributed by atoms with E-state index < -0.39 is 71.9 Å². The summed E-state index contributed by atoms with van der Waals surface area (Å²) in [6, 6.07) is 0. The van der Waals surface area contributed by atoms with E-state index in [4.69, 9.17) is 19.7 Å². The molecule has 0 aromatic carbocycles. The van der Waals surface area contributed by atoms with Crippen molar-refractivity contribution in [3.63, 3.8) is 0 Å². The fourth-order valence-corrected chi connectivity index (χ4v) is 1.74. The lowest BCUT2D eigenvalue weighted by Crippen LogP contribution is -2.30. The number of aliphatic hydroxyl groups is 8. The zero-order valence-electron chi connectivity index (χ0n) is 11.4. The molecule has 0 spiro atoms. The summed E-state index contributed by atoms with van der Waals surface area (Å²) >= 11 is 0. The highest BCUT2D eigenvalue weighted by molar-refractivity contribution is 5.32. The van der Waals surface area contributed by atoms with Crippen molar-refractivity contribution >= 4 is 0 Å². The van der Waals surface area contributed by atoms with Crippen LogP contribution in [0, 0.1) is 0 Å². The van der Waals surface area contributed by atoms with Crippen molar-refractivity contribution in [1.29, 1.82) is 0 Å². The quantitative estimate of drug-likeness (QED) is 0.342. The topological polar surface area (TPSA) is 190 Å². The monoisotopic (exact) mass is 334 g/mol. The van der Waals surface area contributed by atoms with Crippen LogP contribution in [-0.2, 0) is 14.2 Å². The molecular weight excluding hydrogens is 320 g/mol. The Morgan fingerprint density at radius 3 is 1.87 bits per heavy atom. The van der Waals surface area contributed by atoms with E-state index in [-0.39, 0.29) is 0 Å². The number of ether oxygens (including phenoxy) is 3. The first-order valence-electron chi connectivity index (χ1n) is 6.16. The highest BCUT2D eigenvalue weighted by Crippen LogP contribution is 2.32. The molecule has 23 heavy (non-hydrogen) atoms. The van der Waals surface area contributed by atoms with Crippen molar-refractivity contribution in [3.8, 4) is 0 Å². The second kappa shape index (κ2) is 6.06. The van der Waals surface area contributed by atoms with Gasteiger partial charge in [-0.25, -0.2) is 0 Å². The molecule has 2 aliphatic heterocycles. The van der Waals surface area contributed by atoms with E-state index in [0.717, 1.165) is 0 Å². The van der Waals surface area contributed by atoms with E-state index in [1.807, 2.05) is 0 Å². The van der Waals surface area contributed by atoms with Crippen LogP contribution in [0.25, 0.3) is 0 Å². The molecule has 11 heteroatoms. The molecule has 0 bridgehead atoms. The molecule has 0 radical (unpaired) electrons. The van der Waals surface area contributed by atoms with Crippen LogP contribution in [0.15, 0.2) is 46.4 Å². The van der Waals surface area contributed by atoms with Crippen LogP contribution in [0.3, 0.4) is 0 Å². The maximum absolute atomic E-state index is 9.81. The summed E-state index contributed by atoms with van der Waals surface area (Å²) in [5.41, 5.74) is 0. The molecule has 0 aromatic heterocycles. The van der Waals surface area contributed by atoms with Gasteiger partial charge in [-0.05, 0) is 0 Å². The second-order valence-corrected chi connectivity index (χ2v) is 4.42. The molecule has 0 fully saturated rings. The molecule has 2 atom stereocenters. The molecule has 2 rings (SSSR count). The van der Waals surface area contributed by atoms with Crippen molar-refractivity contribution in [2.24, 2.45) is 0 Å². The van der Waals surface area contributed by atoms with E-state index in [2.05, 4.69) is 4.74 Å². The number of hydrogen-bond donors (Lipinski definition) is 8. The van der Waals surface area contributed by atoms with Gasteiger partial charge in [0.15, 0.2) is 23.7 Å². The predicted molar refractivity (Wildman–Crippen MR) is 68.9 cm³/mol. The van der Waals surface area contributed by atoms with Crippen molar-refractivity contribution in [2.75, 3.05) is 13.2 Å². The Hall–Kier alpha value is -2.92. The normalized spacial score (nSPS) is 25.5. The van der Waals surface area contributed by atoms with E-state index in [1.165, 1.54) is 0 Å². The molecule has 2 heterocycles. The highest BCUT2D eigenvalue weighted by Gasteiger charge is 2.37. The Bertz CT molecular complexity index is 627. The van der Waals surface area contributed by atoms with Gasteiger partial charge < -0.3 is 55.1 Å². The molecule has 2 unspecified atom stereocenters. The summed E-state index contributed by atoms with van der Waals surface area (Å²) in [6.45, 7) is -1.58. The molecule has 128 valence electrons. The fraction of sp³-hybridized carbons (Fsp3) is 0.333. The largest absolute Gasteiger partial charge is 0.505 e. The predicted octanol–water partition coefficient (Wildman–Crippen LogP) is -0.105. The first-order valence-corrected chi connectivity index (χ1v) is 6.16. The summed E-state index contributed by atoms with van der Waals surface area (Å²) in [5.74, 6) is -7.72. The zero-order chi connectivity index (χ0) is 17.3. The standard InChI is InChI=1S/C12H14O11/c13-1-3-5(15)7(17)8(18)12(22-3)23-10-6(16)4(2-14)21-11(20)9(10)19/h3-4,13-20H,1-2H2. The summed E-state index contributed by atoms with van der Waals surface area (Å²) in [5, 5.41) is 75.4. The van der Waals surface area contributed by atoms with E-state index in [1.54, 1.807) is 0 Å². The molecule has 8 N–H and O–H groups in total. The third-order valence-corrected chi connectivity index (χ3v) is 2.95. The molecule has 0 aliphatic carbocycles. The Balaban J connectivity index is 2.40. The maximum Gasteiger partial charge on any atom is 0.334 e. The smallest absolute Gasteiger partial charge is 0.334 e. The minimum atomic E-state index is -1.48. The van der Waals surface area contributed by atoms with E-state index >= 15 is 0 Å². The molecule has 2 aliphatic rings. The third kappa shape index (κ3) is 2.74. The zero-order valence-corrected chi connectivity index (χ0v) is 11.4. The summed E-state index contributed by atoms with van der Waals surface area (Å²) in [4.78, 5) is 0. The van der Waals surface area contributed by atoms with Crippen molar-refractivity contribution in [1.82, 2.24) is 0 Å².